The summed E-state index contributed by atoms with van der Waals surface area (Å²) in [5.74, 6) is -0.121. The maximum absolute atomic E-state index is 12.7. The first-order chi connectivity index (χ1) is 26.8. The Balaban J connectivity index is 0.000000710. The number of nitrogens with two attached hydrogens (primary N) is 1. The molecule has 0 atom stereocenters. The number of guanidine groups is 1. The van der Waals surface area contributed by atoms with Crippen molar-refractivity contribution in [1.29, 1.82) is 0 Å². The van der Waals surface area contributed by atoms with Crippen LogP contribution in [0.1, 0.15) is 107 Å². The molecule has 0 fully saturated rings. The molecule has 2 aromatic heterocycles. The number of aliphatic imine (C=N–C) groups is 1. The molecule has 326 valence electrons. The summed E-state index contributed by atoms with van der Waals surface area (Å²) in [6, 6.07) is 0.380. The molecule has 3 aliphatic rings. The minimum absolute atomic E-state index is 0. The lowest BCUT2D eigenvalue weighted by Crippen LogP contribution is -2.40. The van der Waals surface area contributed by atoms with Gasteiger partial charge in [0, 0.05) is 59.8 Å². The van der Waals surface area contributed by atoms with Gasteiger partial charge in [-0.1, -0.05) is 54.9 Å². The molecule has 0 aliphatic carbocycles. The van der Waals surface area contributed by atoms with Crippen LogP contribution in [-0.4, -0.2) is 59.2 Å². The van der Waals surface area contributed by atoms with Crippen LogP contribution in [-0.2, 0) is 9.59 Å². The number of allylic oxidation sites excluding steroid dienone is 1. The molecule has 3 aliphatic heterocycles. The Morgan fingerprint density at radius 2 is 1.27 bits per heavy atom. The van der Waals surface area contributed by atoms with Crippen molar-refractivity contribution in [1.82, 2.24) is 45.3 Å². The smallest absolute Gasteiger partial charge is 0.325 e. The average molecular weight is 828 g/mol. The van der Waals surface area contributed by atoms with Crippen LogP contribution >= 0.6 is 0 Å². The first-order valence-corrected chi connectivity index (χ1v) is 18.5. The summed E-state index contributed by atoms with van der Waals surface area (Å²) in [6.07, 6.45) is 7.32. The summed E-state index contributed by atoms with van der Waals surface area (Å²) in [5, 5.41) is 7.87. The van der Waals surface area contributed by atoms with Gasteiger partial charge < -0.3 is 41.0 Å². The van der Waals surface area contributed by atoms with E-state index in [4.69, 9.17) is 5.73 Å². The second kappa shape index (κ2) is 23.8. The lowest BCUT2D eigenvalue weighted by Gasteiger charge is -2.31. The molecule has 18 heteroatoms. The van der Waals surface area contributed by atoms with Crippen molar-refractivity contribution in [2.45, 2.75) is 115 Å². The first kappa shape index (κ1) is 52.7. The Morgan fingerprint density at radius 1 is 0.746 bits per heavy atom. The zero-order valence-corrected chi connectivity index (χ0v) is 35.5. The molecule has 0 aromatic carbocycles. The third kappa shape index (κ3) is 16.6. The monoisotopic (exact) mass is 827 g/mol. The van der Waals surface area contributed by atoms with Crippen LogP contribution in [0.4, 0.5) is 8.78 Å². The molecule has 59 heavy (non-hydrogen) atoms. The number of carbonyl (C=O) groups is 2. The Labute approximate surface area is 345 Å². The van der Waals surface area contributed by atoms with Gasteiger partial charge in [-0.3, -0.25) is 24.2 Å². The van der Waals surface area contributed by atoms with E-state index in [9.17, 15) is 32.8 Å². The third-order valence-electron chi connectivity index (χ3n) is 8.09. The molecule has 16 nitrogen and oxygen atoms in total. The van der Waals surface area contributed by atoms with E-state index < -0.39 is 23.4 Å². The first-order valence-electron chi connectivity index (χ1n) is 18.5. The van der Waals surface area contributed by atoms with Gasteiger partial charge in [-0.15, -0.1) is 0 Å². The van der Waals surface area contributed by atoms with E-state index in [0.29, 0.717) is 35.1 Å². The molecule has 5 rings (SSSR count). The number of hydrogen-bond acceptors (Lipinski definition) is 11. The molecule has 0 saturated carbocycles. The lowest BCUT2D eigenvalue weighted by atomic mass is 10.0. The Kier molecular flexibility index (Phi) is 21.2. The van der Waals surface area contributed by atoms with Gasteiger partial charge in [0.1, 0.15) is 17.3 Å². The number of halogens is 2. The van der Waals surface area contributed by atoms with Gasteiger partial charge in [0.15, 0.2) is 5.96 Å². The average Bonchev–Trinajstić information content (AvgIpc) is 3.10. The van der Waals surface area contributed by atoms with E-state index in [0.717, 1.165) is 29.2 Å². The van der Waals surface area contributed by atoms with Crippen LogP contribution in [0.15, 0.2) is 104 Å². The number of nitrogens with one attached hydrogen (secondary N) is 5. The van der Waals surface area contributed by atoms with Crippen LogP contribution in [0.2, 0.25) is 0 Å². The van der Waals surface area contributed by atoms with Crippen molar-refractivity contribution >= 4 is 17.8 Å². The van der Waals surface area contributed by atoms with E-state index in [1.807, 2.05) is 66.5 Å². The minimum Gasteiger partial charge on any atom is -0.369 e. The van der Waals surface area contributed by atoms with Crippen molar-refractivity contribution in [3.05, 3.63) is 133 Å². The largest absolute Gasteiger partial charge is 0.369 e. The number of carbonyl (C=O) groups excluding carboxylic acids is 2. The third-order valence-corrected chi connectivity index (χ3v) is 8.09. The standard InChI is InChI=1S/C9H14N2O.2C8H11FN2O.C8H13N3.C7H10N2O2.CH4/c1-6(2)11-5-7(3)9(12)10-8(11)4;1-5(2)11-4-7(9)8(12)10-6(11)3;1-5(2)11-4-7(9)10-6(3)8(11)12;1-5(2)7-4-10-8(9)11-6(7)3;1-4(2)5-3-8-7(11)9-6(5)10;/h5-6H,4H2,1-3H3,(H,10,12);4-5H,3H2,1-2H3,(H,10,12);4-5H,1-3H3;4-5H,3H2,1-2H3,(H3,9,10,11);3-4H,1-2H3,(H2,8,9,10,11);1H4. The SMILES string of the molecule is C.C=C1NC(=O)C(C)=CN1C(C)C.C=C1NC(=O)C(F)=CN1C(C)C.C=C1NC(N)=NC=C1C(C)C.CC(C)c1c[nH]c(=O)[nH]c1=O.Cc1nc(F)cn(C(C)C)c1=O. The fourth-order valence-electron chi connectivity index (χ4n) is 4.88. The zero-order valence-electron chi connectivity index (χ0n) is 35.5. The van der Waals surface area contributed by atoms with E-state index in [-0.39, 0.29) is 48.1 Å². The number of aromatic nitrogens is 4. The van der Waals surface area contributed by atoms with Gasteiger partial charge >= 0.3 is 5.69 Å². The van der Waals surface area contributed by atoms with Crippen molar-refractivity contribution in [2.75, 3.05) is 0 Å². The molecule has 2 amide bonds. The lowest BCUT2D eigenvalue weighted by molar-refractivity contribution is -0.119. The van der Waals surface area contributed by atoms with Gasteiger partial charge in [-0.2, -0.15) is 8.78 Å². The summed E-state index contributed by atoms with van der Waals surface area (Å²) in [6.45, 7) is 33.9. The van der Waals surface area contributed by atoms with Crippen molar-refractivity contribution < 1.29 is 18.4 Å². The Morgan fingerprint density at radius 3 is 1.73 bits per heavy atom. The zero-order chi connectivity index (χ0) is 44.8. The molecule has 7 N–H and O–H groups in total. The number of nitrogens with zero attached hydrogens (tertiary/aromatic N) is 5. The van der Waals surface area contributed by atoms with Gasteiger partial charge in [0.25, 0.3) is 22.9 Å². The quantitative estimate of drug-likeness (QED) is 0.227. The molecular formula is C41H63F2N11O5. The maximum Gasteiger partial charge on any atom is 0.325 e. The molecule has 0 saturated heterocycles. The predicted molar refractivity (Wildman–Crippen MR) is 230 cm³/mol. The predicted octanol–water partition coefficient (Wildman–Crippen LogP) is 5.36. The maximum atomic E-state index is 12.7. The van der Waals surface area contributed by atoms with Crippen molar-refractivity contribution in [3.63, 3.8) is 0 Å². The van der Waals surface area contributed by atoms with Gasteiger partial charge in [0.2, 0.25) is 11.8 Å². The van der Waals surface area contributed by atoms with Crippen LogP contribution in [0.5, 0.6) is 0 Å². The second-order valence-corrected chi connectivity index (χ2v) is 14.6. The summed E-state index contributed by atoms with van der Waals surface area (Å²) in [4.78, 5) is 70.1. The molecule has 2 aromatic rings. The number of aryl methyl sites for hydroxylation is 1. The molecule has 0 unspecified atom stereocenters. The summed E-state index contributed by atoms with van der Waals surface area (Å²) in [7, 11) is 0. The minimum atomic E-state index is -0.781. The fraction of sp³-hybridized carbons (Fsp3) is 0.439. The number of H-pyrrole nitrogens is 2. The molecular weight excluding hydrogens is 765 g/mol. The van der Waals surface area contributed by atoms with Crippen molar-refractivity contribution in [2.24, 2.45) is 16.6 Å². The fourth-order valence-corrected chi connectivity index (χ4v) is 4.88. The molecule has 0 radical (unpaired) electrons. The van der Waals surface area contributed by atoms with Crippen LogP contribution in [0, 0.1) is 18.8 Å². The topological polar surface area (TPSA) is 216 Å². The normalized spacial score (nSPS) is 14.7. The highest BCUT2D eigenvalue weighted by molar-refractivity contribution is 5.94. The molecule has 0 bridgehead atoms. The Hall–Kier alpha value is -6.33. The van der Waals surface area contributed by atoms with Crippen LogP contribution in [0.25, 0.3) is 0 Å². The Bertz CT molecular complexity index is 2080. The highest BCUT2D eigenvalue weighted by atomic mass is 19.1. The van der Waals surface area contributed by atoms with Crippen molar-refractivity contribution in [3.8, 4) is 0 Å². The second-order valence-electron chi connectivity index (χ2n) is 14.6. The van der Waals surface area contributed by atoms with E-state index in [1.54, 1.807) is 18.0 Å². The van der Waals surface area contributed by atoms with Gasteiger partial charge in [0.05, 0.1) is 6.20 Å². The number of hydrogen-bond donors (Lipinski definition) is 6. The highest BCUT2D eigenvalue weighted by Crippen LogP contribution is 2.18. The summed E-state index contributed by atoms with van der Waals surface area (Å²) in [5.41, 5.74) is 7.91. The van der Waals surface area contributed by atoms with Crippen LogP contribution in [0.3, 0.4) is 0 Å². The number of aromatic amines is 2. The number of amides is 2. The highest BCUT2D eigenvalue weighted by Gasteiger charge is 2.22. The molecule has 0 spiro atoms. The number of rotatable bonds is 5. The summed E-state index contributed by atoms with van der Waals surface area (Å²) >= 11 is 0. The van der Waals surface area contributed by atoms with Gasteiger partial charge in [-0.05, 0) is 72.8 Å². The van der Waals surface area contributed by atoms with E-state index >= 15 is 0 Å². The van der Waals surface area contributed by atoms with Gasteiger partial charge in [-0.25, -0.2) is 14.8 Å². The van der Waals surface area contributed by atoms with E-state index in [2.05, 4.69) is 69.5 Å². The van der Waals surface area contributed by atoms with Crippen LogP contribution < -0.4 is 38.5 Å². The van der Waals surface area contributed by atoms with E-state index in [1.165, 1.54) is 17.7 Å². The molecule has 5 heterocycles. The summed E-state index contributed by atoms with van der Waals surface area (Å²) < 4.78 is 26.8.